The van der Waals surface area contributed by atoms with Crippen molar-refractivity contribution in [3.05, 3.63) is 96.0 Å². The summed E-state index contributed by atoms with van der Waals surface area (Å²) in [6.07, 6.45) is 1.95. The molecule has 0 spiro atoms. The van der Waals surface area contributed by atoms with Gasteiger partial charge in [0.15, 0.2) is 5.17 Å². The molecule has 1 aliphatic rings. The zero-order valence-corrected chi connectivity index (χ0v) is 23.3. The van der Waals surface area contributed by atoms with Gasteiger partial charge in [0.05, 0.1) is 17.7 Å². The van der Waals surface area contributed by atoms with E-state index in [4.69, 9.17) is 9.73 Å². The zero-order chi connectivity index (χ0) is 23.4. The van der Waals surface area contributed by atoms with Crippen LogP contribution in [0.4, 0.5) is 5.69 Å². The number of rotatable bonds is 6. The third kappa shape index (κ3) is 5.99. The molecule has 0 aliphatic carbocycles. The Bertz CT molecular complexity index is 1190. The molecule has 7 heteroatoms. The topological polar surface area (TPSA) is 41.9 Å². The number of nitrogens with zero attached hydrogens (tertiary/aromatic N) is 2. The van der Waals surface area contributed by atoms with Gasteiger partial charge >= 0.3 is 0 Å². The van der Waals surface area contributed by atoms with Crippen LogP contribution in [0.25, 0.3) is 6.08 Å². The minimum Gasteiger partial charge on any atom is -0.487 e. The van der Waals surface area contributed by atoms with E-state index in [2.05, 4.69) is 69.4 Å². The SMILES string of the molecule is CC(C)N1C(=O)/C(=C\c2cc(I)c(OCc3ccccc3)c(I)c2)SC1=Nc1ccccc1. The van der Waals surface area contributed by atoms with Crippen molar-refractivity contribution >= 4 is 79.8 Å². The maximum atomic E-state index is 13.2. The summed E-state index contributed by atoms with van der Waals surface area (Å²) in [6, 6.07) is 24.0. The summed E-state index contributed by atoms with van der Waals surface area (Å²) in [5.74, 6) is 0.849. The average molecular weight is 680 g/mol. The molecule has 0 unspecified atom stereocenters. The molecule has 0 radical (unpaired) electrons. The molecule has 1 amide bonds. The largest absolute Gasteiger partial charge is 0.487 e. The fourth-order valence-corrected chi connectivity index (χ4v) is 6.56. The molecule has 0 N–H and O–H groups in total. The molecule has 33 heavy (non-hydrogen) atoms. The Kier molecular flexibility index (Phi) is 8.13. The van der Waals surface area contributed by atoms with Crippen LogP contribution in [0.1, 0.15) is 25.0 Å². The van der Waals surface area contributed by atoms with Crippen molar-refractivity contribution < 1.29 is 9.53 Å². The van der Waals surface area contributed by atoms with E-state index in [0.29, 0.717) is 16.7 Å². The highest BCUT2D eigenvalue weighted by Gasteiger charge is 2.35. The van der Waals surface area contributed by atoms with Crippen LogP contribution < -0.4 is 4.74 Å². The van der Waals surface area contributed by atoms with Crippen molar-refractivity contribution in [1.29, 1.82) is 0 Å². The first-order valence-electron chi connectivity index (χ1n) is 10.4. The van der Waals surface area contributed by atoms with Crippen molar-refractivity contribution in [2.75, 3.05) is 0 Å². The number of carbonyl (C=O) groups excluding carboxylic acids is 1. The van der Waals surface area contributed by atoms with E-state index in [1.54, 1.807) is 4.90 Å². The standard InChI is InChI=1S/C26H22I2N2O2S/c1-17(2)30-25(31)23(33-26(30)29-20-11-7-4-8-12-20)15-19-13-21(27)24(22(28)14-19)32-16-18-9-5-3-6-10-18/h3-15,17H,16H2,1-2H3/b23-15+,29-26?. The molecule has 3 aromatic carbocycles. The highest BCUT2D eigenvalue weighted by atomic mass is 127. The Morgan fingerprint density at radius 2 is 1.61 bits per heavy atom. The first-order valence-corrected chi connectivity index (χ1v) is 13.4. The summed E-state index contributed by atoms with van der Waals surface area (Å²) in [6.45, 7) is 4.53. The quantitative estimate of drug-likeness (QED) is 0.200. The fourth-order valence-electron chi connectivity index (χ4n) is 3.31. The molecule has 0 bridgehead atoms. The molecular weight excluding hydrogens is 658 g/mol. The zero-order valence-electron chi connectivity index (χ0n) is 18.2. The predicted molar refractivity (Wildman–Crippen MR) is 154 cm³/mol. The Hall–Kier alpha value is -1.85. The van der Waals surface area contributed by atoms with Crippen molar-refractivity contribution in [3.8, 4) is 5.75 Å². The van der Waals surface area contributed by atoms with E-state index in [1.807, 2.05) is 68.5 Å². The van der Waals surface area contributed by atoms with Gasteiger partial charge in [-0.1, -0.05) is 48.5 Å². The van der Waals surface area contributed by atoms with Crippen molar-refractivity contribution in [3.63, 3.8) is 0 Å². The van der Waals surface area contributed by atoms with Gasteiger partial charge in [0.1, 0.15) is 12.4 Å². The van der Waals surface area contributed by atoms with Crippen molar-refractivity contribution in [2.24, 2.45) is 4.99 Å². The average Bonchev–Trinajstić information content (AvgIpc) is 3.09. The molecule has 4 rings (SSSR count). The molecule has 1 heterocycles. The van der Waals surface area contributed by atoms with Crippen LogP contribution in [0.3, 0.4) is 0 Å². The molecular formula is C26H22I2N2O2S. The van der Waals surface area contributed by atoms with E-state index in [0.717, 1.165) is 29.7 Å². The second kappa shape index (κ2) is 11.1. The van der Waals surface area contributed by atoms with Gasteiger partial charge in [0.2, 0.25) is 0 Å². The number of carbonyl (C=O) groups is 1. The van der Waals surface area contributed by atoms with Gasteiger partial charge in [-0.05, 0) is 112 Å². The first-order chi connectivity index (χ1) is 15.9. The van der Waals surface area contributed by atoms with E-state index < -0.39 is 0 Å². The van der Waals surface area contributed by atoms with Crippen LogP contribution >= 0.6 is 56.9 Å². The smallest absolute Gasteiger partial charge is 0.266 e. The lowest BCUT2D eigenvalue weighted by Crippen LogP contribution is -2.35. The lowest BCUT2D eigenvalue weighted by atomic mass is 10.2. The number of hydrogen-bond acceptors (Lipinski definition) is 4. The summed E-state index contributed by atoms with van der Waals surface area (Å²) in [5.41, 5.74) is 2.93. The summed E-state index contributed by atoms with van der Waals surface area (Å²) < 4.78 is 8.12. The highest BCUT2D eigenvalue weighted by Crippen LogP contribution is 2.37. The van der Waals surface area contributed by atoms with E-state index in [9.17, 15) is 4.79 Å². The molecule has 0 atom stereocenters. The third-order valence-electron chi connectivity index (χ3n) is 4.88. The number of benzene rings is 3. The number of para-hydroxylation sites is 1. The van der Waals surface area contributed by atoms with Gasteiger partial charge in [-0.15, -0.1) is 0 Å². The molecule has 4 nitrogen and oxygen atoms in total. The second-order valence-electron chi connectivity index (χ2n) is 7.70. The number of ether oxygens (including phenoxy) is 1. The Morgan fingerprint density at radius 3 is 2.21 bits per heavy atom. The lowest BCUT2D eigenvalue weighted by Gasteiger charge is -2.19. The van der Waals surface area contributed by atoms with E-state index >= 15 is 0 Å². The number of thioether (sulfide) groups is 1. The van der Waals surface area contributed by atoms with Crippen LogP contribution in [0.15, 0.2) is 82.7 Å². The normalized spacial score (nSPS) is 16.3. The Labute approximate surface area is 225 Å². The second-order valence-corrected chi connectivity index (χ2v) is 11.0. The van der Waals surface area contributed by atoms with Crippen LogP contribution in [0, 0.1) is 7.14 Å². The number of amidine groups is 1. The maximum Gasteiger partial charge on any atom is 0.266 e. The summed E-state index contributed by atoms with van der Waals surface area (Å²) in [7, 11) is 0. The molecule has 1 fully saturated rings. The van der Waals surface area contributed by atoms with Gasteiger partial charge in [0.25, 0.3) is 5.91 Å². The Balaban J connectivity index is 1.59. The van der Waals surface area contributed by atoms with Gasteiger partial charge in [-0.25, -0.2) is 4.99 Å². The van der Waals surface area contributed by atoms with Crippen LogP contribution in [-0.2, 0) is 11.4 Å². The van der Waals surface area contributed by atoms with Gasteiger partial charge in [0, 0.05) is 6.04 Å². The maximum absolute atomic E-state index is 13.2. The third-order valence-corrected chi connectivity index (χ3v) is 7.46. The number of aliphatic imine (C=N–C) groups is 1. The summed E-state index contributed by atoms with van der Waals surface area (Å²) in [4.78, 5) is 20.3. The summed E-state index contributed by atoms with van der Waals surface area (Å²) in [5, 5.41) is 0.708. The number of amides is 1. The minimum atomic E-state index is -0.0147. The van der Waals surface area contributed by atoms with E-state index in [-0.39, 0.29) is 11.9 Å². The predicted octanol–water partition coefficient (Wildman–Crippen LogP) is 7.49. The first kappa shape index (κ1) is 24.3. The van der Waals surface area contributed by atoms with Gasteiger partial charge in [-0.2, -0.15) is 0 Å². The summed E-state index contributed by atoms with van der Waals surface area (Å²) >= 11 is 6.01. The van der Waals surface area contributed by atoms with E-state index in [1.165, 1.54) is 11.8 Å². The number of hydrogen-bond donors (Lipinski definition) is 0. The van der Waals surface area contributed by atoms with Gasteiger partial charge in [-0.3, -0.25) is 9.69 Å². The molecule has 0 aromatic heterocycles. The monoisotopic (exact) mass is 680 g/mol. The molecule has 1 aliphatic heterocycles. The van der Waals surface area contributed by atoms with Crippen molar-refractivity contribution in [2.45, 2.75) is 26.5 Å². The fraction of sp³-hybridized carbons (Fsp3) is 0.154. The van der Waals surface area contributed by atoms with Crippen LogP contribution in [-0.4, -0.2) is 22.0 Å². The van der Waals surface area contributed by atoms with Gasteiger partial charge < -0.3 is 4.74 Å². The molecule has 1 saturated heterocycles. The molecule has 168 valence electrons. The lowest BCUT2D eigenvalue weighted by molar-refractivity contribution is -0.123. The molecule has 3 aromatic rings. The Morgan fingerprint density at radius 1 is 1.00 bits per heavy atom. The minimum absolute atomic E-state index is 0.0147. The highest BCUT2D eigenvalue weighted by molar-refractivity contribution is 14.1. The van der Waals surface area contributed by atoms with Crippen molar-refractivity contribution in [1.82, 2.24) is 4.90 Å². The van der Waals surface area contributed by atoms with Crippen LogP contribution in [0.2, 0.25) is 0 Å². The van der Waals surface area contributed by atoms with Crippen LogP contribution in [0.5, 0.6) is 5.75 Å². The number of halogens is 2. The molecule has 0 saturated carbocycles.